The fourth-order valence-electron chi connectivity index (χ4n) is 2.33. The van der Waals surface area contributed by atoms with E-state index in [4.69, 9.17) is 4.74 Å². The van der Waals surface area contributed by atoms with E-state index in [2.05, 4.69) is 10.3 Å². The summed E-state index contributed by atoms with van der Waals surface area (Å²) in [6.45, 7) is 3.86. The van der Waals surface area contributed by atoms with Gasteiger partial charge in [-0.2, -0.15) is 4.99 Å². The van der Waals surface area contributed by atoms with E-state index >= 15 is 0 Å². The van der Waals surface area contributed by atoms with Crippen molar-refractivity contribution in [2.45, 2.75) is 20.5 Å². The molecule has 6 heteroatoms. The van der Waals surface area contributed by atoms with Gasteiger partial charge in [-0.05, 0) is 36.4 Å². The number of para-hydroxylation sites is 1. The number of nitrogens with zero attached hydrogens (tertiary/aromatic N) is 1. The Bertz CT molecular complexity index is 902. The number of carbonyl (C=O) groups excluding carboxylic acids is 2. The summed E-state index contributed by atoms with van der Waals surface area (Å²) in [6, 6.07) is 15.6. The predicted octanol–water partition coefficient (Wildman–Crippen LogP) is 3.68. The normalized spacial score (nSPS) is 15.1. The monoisotopic (exact) mass is 366 g/mol. The Kier molecular flexibility index (Phi) is 5.53. The zero-order chi connectivity index (χ0) is 18.5. The highest BCUT2D eigenvalue weighted by molar-refractivity contribution is 8.18. The maximum atomic E-state index is 12.0. The number of hydrogen-bond donors (Lipinski definition) is 1. The van der Waals surface area contributed by atoms with E-state index in [9.17, 15) is 9.59 Å². The summed E-state index contributed by atoms with van der Waals surface area (Å²) < 4.78 is 5.93. The number of rotatable bonds is 4. The van der Waals surface area contributed by atoms with Gasteiger partial charge >= 0.3 is 0 Å². The second-order valence-electron chi connectivity index (χ2n) is 5.83. The zero-order valence-corrected chi connectivity index (χ0v) is 15.3. The van der Waals surface area contributed by atoms with Crippen molar-refractivity contribution in [2.24, 2.45) is 4.99 Å². The second-order valence-corrected chi connectivity index (χ2v) is 6.86. The maximum absolute atomic E-state index is 12.0. The van der Waals surface area contributed by atoms with E-state index in [0.29, 0.717) is 22.4 Å². The molecule has 2 aromatic rings. The molecule has 26 heavy (non-hydrogen) atoms. The van der Waals surface area contributed by atoms with Gasteiger partial charge in [0.15, 0.2) is 5.17 Å². The van der Waals surface area contributed by atoms with Crippen molar-refractivity contribution < 1.29 is 14.3 Å². The Morgan fingerprint density at radius 3 is 2.65 bits per heavy atom. The molecule has 0 unspecified atom stereocenters. The number of amides is 2. The number of ether oxygens (including phenoxy) is 1. The lowest BCUT2D eigenvalue weighted by Crippen LogP contribution is -2.23. The highest BCUT2D eigenvalue weighted by atomic mass is 32.2. The molecule has 0 radical (unpaired) electrons. The van der Waals surface area contributed by atoms with Crippen molar-refractivity contribution in [2.75, 3.05) is 0 Å². The molecule has 2 amide bonds. The highest BCUT2D eigenvalue weighted by Gasteiger charge is 2.22. The van der Waals surface area contributed by atoms with Gasteiger partial charge in [0.2, 0.25) is 5.91 Å². The topological polar surface area (TPSA) is 67.8 Å². The van der Waals surface area contributed by atoms with E-state index in [1.807, 2.05) is 55.5 Å². The molecule has 1 heterocycles. The smallest absolute Gasteiger partial charge is 0.286 e. The fraction of sp³-hybridized carbons (Fsp3) is 0.150. The van der Waals surface area contributed by atoms with Crippen LogP contribution in [0.3, 0.4) is 0 Å². The van der Waals surface area contributed by atoms with E-state index in [-0.39, 0.29) is 11.8 Å². The van der Waals surface area contributed by atoms with Crippen LogP contribution in [0.1, 0.15) is 23.6 Å². The van der Waals surface area contributed by atoms with Gasteiger partial charge < -0.3 is 10.1 Å². The van der Waals surface area contributed by atoms with Crippen molar-refractivity contribution >= 4 is 34.8 Å². The average molecular weight is 366 g/mol. The lowest BCUT2D eigenvalue weighted by atomic mass is 10.1. The first-order chi connectivity index (χ1) is 12.5. The first-order valence-corrected chi connectivity index (χ1v) is 8.90. The van der Waals surface area contributed by atoms with Crippen LogP contribution in [-0.2, 0) is 16.2 Å². The van der Waals surface area contributed by atoms with Gasteiger partial charge in [0.1, 0.15) is 12.4 Å². The van der Waals surface area contributed by atoms with E-state index in [1.54, 1.807) is 6.08 Å². The van der Waals surface area contributed by atoms with Gasteiger partial charge in [-0.15, -0.1) is 0 Å². The zero-order valence-electron chi connectivity index (χ0n) is 14.5. The molecule has 3 rings (SSSR count). The molecule has 2 aromatic carbocycles. The Morgan fingerprint density at radius 1 is 1.19 bits per heavy atom. The predicted molar refractivity (Wildman–Crippen MR) is 104 cm³/mol. The Morgan fingerprint density at radius 2 is 1.92 bits per heavy atom. The van der Waals surface area contributed by atoms with E-state index < -0.39 is 0 Å². The van der Waals surface area contributed by atoms with Crippen molar-refractivity contribution in [1.29, 1.82) is 0 Å². The summed E-state index contributed by atoms with van der Waals surface area (Å²) in [6.07, 6.45) is 1.73. The molecule has 0 fully saturated rings. The van der Waals surface area contributed by atoms with E-state index in [0.717, 1.165) is 22.9 Å². The highest BCUT2D eigenvalue weighted by Crippen LogP contribution is 2.30. The standard InChI is InChI=1S/C20H18N2O3S/c1-13-7-9-15(10-8-13)12-25-17-6-4-3-5-16(17)11-18-19(24)22-20(26-18)21-14(2)23/h3-11H,12H2,1-2H3,(H,21,22,23,24). The van der Waals surface area contributed by atoms with Gasteiger partial charge in [0, 0.05) is 12.5 Å². The summed E-state index contributed by atoms with van der Waals surface area (Å²) in [5, 5.41) is 2.83. The molecule has 1 aliphatic rings. The number of amidine groups is 1. The molecule has 0 bridgehead atoms. The van der Waals surface area contributed by atoms with Crippen molar-refractivity contribution in [3.8, 4) is 5.75 Å². The molecular formula is C20H18N2O3S. The van der Waals surface area contributed by atoms with Crippen LogP contribution in [0.4, 0.5) is 0 Å². The van der Waals surface area contributed by atoms with Gasteiger partial charge in [-0.25, -0.2) is 0 Å². The molecule has 132 valence electrons. The van der Waals surface area contributed by atoms with Crippen molar-refractivity contribution in [3.05, 3.63) is 70.1 Å². The van der Waals surface area contributed by atoms with Crippen LogP contribution < -0.4 is 10.1 Å². The Balaban J connectivity index is 1.74. The number of aryl methyl sites for hydroxylation is 1. The number of nitrogens with one attached hydrogen (secondary N) is 1. The van der Waals surface area contributed by atoms with Gasteiger partial charge in [-0.1, -0.05) is 48.0 Å². The van der Waals surface area contributed by atoms with Crippen LogP contribution in [0.15, 0.2) is 58.4 Å². The Labute approximate surface area is 156 Å². The number of carbonyl (C=O) groups is 2. The van der Waals surface area contributed by atoms with Crippen LogP contribution >= 0.6 is 11.8 Å². The van der Waals surface area contributed by atoms with Crippen LogP contribution in [0.5, 0.6) is 5.75 Å². The Hall–Kier alpha value is -2.86. The van der Waals surface area contributed by atoms with Crippen LogP contribution in [0.2, 0.25) is 0 Å². The quantitative estimate of drug-likeness (QED) is 0.838. The number of thioether (sulfide) groups is 1. The molecule has 1 aliphatic heterocycles. The lowest BCUT2D eigenvalue weighted by Gasteiger charge is -2.10. The average Bonchev–Trinajstić information content (AvgIpc) is 2.94. The lowest BCUT2D eigenvalue weighted by molar-refractivity contribution is -0.117. The third kappa shape index (κ3) is 4.61. The summed E-state index contributed by atoms with van der Waals surface area (Å²) >= 11 is 1.14. The number of aliphatic imine (C=N–C) groups is 1. The molecule has 0 saturated heterocycles. The third-order valence-corrected chi connectivity index (χ3v) is 4.52. The fourth-order valence-corrected chi connectivity index (χ4v) is 3.18. The maximum Gasteiger partial charge on any atom is 0.286 e. The van der Waals surface area contributed by atoms with Crippen molar-refractivity contribution in [1.82, 2.24) is 5.32 Å². The molecule has 1 N–H and O–H groups in total. The summed E-state index contributed by atoms with van der Waals surface area (Å²) in [7, 11) is 0. The summed E-state index contributed by atoms with van der Waals surface area (Å²) in [5.41, 5.74) is 3.06. The molecule has 0 aliphatic carbocycles. The molecule has 5 nitrogen and oxygen atoms in total. The van der Waals surface area contributed by atoms with Crippen LogP contribution in [0, 0.1) is 6.92 Å². The van der Waals surface area contributed by atoms with Gasteiger partial charge in [-0.3, -0.25) is 9.59 Å². The first-order valence-electron chi connectivity index (χ1n) is 8.09. The van der Waals surface area contributed by atoms with Gasteiger partial charge in [0.25, 0.3) is 5.91 Å². The first kappa shape index (κ1) is 17.9. The summed E-state index contributed by atoms with van der Waals surface area (Å²) in [4.78, 5) is 27.4. The van der Waals surface area contributed by atoms with Crippen LogP contribution in [-0.4, -0.2) is 17.0 Å². The SMILES string of the molecule is CC(=O)NC1=NC(=O)C(=Cc2ccccc2OCc2ccc(C)cc2)S1. The largest absolute Gasteiger partial charge is 0.488 e. The minimum atomic E-state index is -0.368. The van der Waals surface area contributed by atoms with Crippen molar-refractivity contribution in [3.63, 3.8) is 0 Å². The third-order valence-electron chi connectivity index (χ3n) is 3.62. The number of benzene rings is 2. The molecule has 0 atom stereocenters. The minimum absolute atomic E-state index is 0.257. The number of hydrogen-bond acceptors (Lipinski definition) is 4. The second kappa shape index (κ2) is 8.01. The summed E-state index contributed by atoms with van der Waals surface area (Å²) in [5.74, 6) is 0.0566. The molecule has 0 aromatic heterocycles. The molecular weight excluding hydrogens is 348 g/mol. The van der Waals surface area contributed by atoms with Gasteiger partial charge in [0.05, 0.1) is 4.91 Å². The molecule has 0 saturated carbocycles. The van der Waals surface area contributed by atoms with E-state index in [1.165, 1.54) is 12.5 Å². The minimum Gasteiger partial charge on any atom is -0.488 e. The molecule has 0 spiro atoms. The van der Waals surface area contributed by atoms with Crippen LogP contribution in [0.25, 0.3) is 6.08 Å².